The molecule has 0 radical (unpaired) electrons. The number of rotatable bonds is 4. The molecule has 1 atom stereocenters. The topological polar surface area (TPSA) is 92.9 Å². The highest BCUT2D eigenvalue weighted by Crippen LogP contribution is 2.32. The summed E-state index contributed by atoms with van der Waals surface area (Å²) in [5.74, 6) is 0.262. The summed E-state index contributed by atoms with van der Waals surface area (Å²) in [7, 11) is -2.28. The van der Waals surface area contributed by atoms with E-state index in [0.29, 0.717) is 18.7 Å². The summed E-state index contributed by atoms with van der Waals surface area (Å²) in [4.78, 5) is 0.0513. The van der Waals surface area contributed by atoms with Crippen LogP contribution in [0.15, 0.2) is 23.1 Å². The van der Waals surface area contributed by atoms with E-state index in [9.17, 15) is 13.5 Å². The molecule has 1 aliphatic heterocycles. The molecule has 0 unspecified atom stereocenters. The van der Waals surface area contributed by atoms with Gasteiger partial charge in [-0.05, 0) is 31.0 Å². The smallest absolute Gasteiger partial charge is 0.247 e. The molecule has 106 valence electrons. The van der Waals surface area contributed by atoms with E-state index < -0.39 is 10.0 Å². The zero-order chi connectivity index (χ0) is 14.0. The molecule has 1 aromatic carbocycles. The van der Waals surface area contributed by atoms with Crippen molar-refractivity contribution in [3.63, 3.8) is 0 Å². The molecule has 1 fully saturated rings. The minimum atomic E-state index is -3.70. The van der Waals surface area contributed by atoms with Gasteiger partial charge >= 0.3 is 0 Å². The lowest BCUT2D eigenvalue weighted by Gasteiger charge is -2.23. The molecule has 0 bridgehead atoms. The Labute approximate surface area is 112 Å². The molecule has 19 heavy (non-hydrogen) atoms. The minimum Gasteiger partial charge on any atom is -0.495 e. The van der Waals surface area contributed by atoms with Crippen molar-refractivity contribution in [2.24, 2.45) is 0 Å². The molecule has 2 rings (SSSR count). The Bertz CT molecular complexity index is 559. The highest BCUT2D eigenvalue weighted by molar-refractivity contribution is 7.89. The normalized spacial score (nSPS) is 20.6. The average molecular weight is 286 g/mol. The van der Waals surface area contributed by atoms with E-state index in [1.54, 1.807) is 6.07 Å². The molecule has 0 saturated carbocycles. The lowest BCUT2D eigenvalue weighted by molar-refractivity contribution is 0.213. The molecule has 1 aromatic rings. The number of sulfonamides is 1. The molecule has 1 aliphatic rings. The quantitative estimate of drug-likeness (QED) is 0.783. The molecular formula is C12H18N2O4S. The van der Waals surface area contributed by atoms with Crippen molar-refractivity contribution >= 4 is 15.7 Å². The van der Waals surface area contributed by atoms with Gasteiger partial charge in [-0.1, -0.05) is 0 Å². The maximum atomic E-state index is 12.6. The molecule has 0 spiro atoms. The number of nitrogens with zero attached hydrogens (tertiary/aromatic N) is 1. The van der Waals surface area contributed by atoms with E-state index in [2.05, 4.69) is 0 Å². The molecule has 7 heteroatoms. The third kappa shape index (κ3) is 2.54. The predicted molar refractivity (Wildman–Crippen MR) is 71.4 cm³/mol. The molecule has 6 nitrogen and oxygen atoms in total. The van der Waals surface area contributed by atoms with Crippen LogP contribution in [0, 0.1) is 0 Å². The van der Waals surface area contributed by atoms with Crippen molar-refractivity contribution in [1.29, 1.82) is 0 Å². The van der Waals surface area contributed by atoms with Crippen molar-refractivity contribution in [3.8, 4) is 5.75 Å². The van der Waals surface area contributed by atoms with Crippen molar-refractivity contribution in [2.45, 2.75) is 23.8 Å². The Morgan fingerprint density at radius 2 is 2.26 bits per heavy atom. The predicted octanol–water partition coefficient (Wildman–Crippen LogP) is 0.423. The summed E-state index contributed by atoms with van der Waals surface area (Å²) in [6.07, 6.45) is 1.41. The van der Waals surface area contributed by atoms with E-state index in [1.807, 2.05) is 0 Å². The third-order valence-corrected chi connectivity index (χ3v) is 5.28. The Hall–Kier alpha value is -1.31. The summed E-state index contributed by atoms with van der Waals surface area (Å²) >= 11 is 0. The Balaban J connectivity index is 2.47. The number of benzene rings is 1. The fourth-order valence-corrected chi connectivity index (χ4v) is 4.21. The zero-order valence-corrected chi connectivity index (χ0v) is 11.6. The number of aliphatic hydroxyl groups excluding tert-OH is 1. The highest BCUT2D eigenvalue weighted by atomic mass is 32.2. The van der Waals surface area contributed by atoms with Crippen LogP contribution in [0.25, 0.3) is 0 Å². The van der Waals surface area contributed by atoms with Crippen LogP contribution in [-0.2, 0) is 10.0 Å². The SMILES string of the molecule is COc1ccc(N)cc1S(=O)(=O)N1CCC[C@H]1CO. The van der Waals surface area contributed by atoms with E-state index in [1.165, 1.54) is 23.5 Å². The van der Waals surface area contributed by atoms with Crippen LogP contribution in [0.3, 0.4) is 0 Å². The summed E-state index contributed by atoms with van der Waals surface area (Å²) < 4.78 is 31.6. The van der Waals surface area contributed by atoms with E-state index in [-0.39, 0.29) is 23.3 Å². The molecule has 0 aliphatic carbocycles. The van der Waals surface area contributed by atoms with E-state index >= 15 is 0 Å². The summed E-state index contributed by atoms with van der Waals surface area (Å²) in [6, 6.07) is 4.15. The van der Waals surface area contributed by atoms with Gasteiger partial charge in [0.2, 0.25) is 10.0 Å². The van der Waals surface area contributed by atoms with Crippen LogP contribution >= 0.6 is 0 Å². The van der Waals surface area contributed by atoms with Gasteiger partial charge in [0.25, 0.3) is 0 Å². The van der Waals surface area contributed by atoms with Crippen molar-refractivity contribution in [3.05, 3.63) is 18.2 Å². The van der Waals surface area contributed by atoms with E-state index in [4.69, 9.17) is 10.5 Å². The Morgan fingerprint density at radius 1 is 1.53 bits per heavy atom. The molecule has 1 saturated heterocycles. The second-order valence-electron chi connectivity index (χ2n) is 4.50. The van der Waals surface area contributed by atoms with Gasteiger partial charge in [0.15, 0.2) is 0 Å². The Kier molecular flexibility index (Phi) is 3.98. The number of ether oxygens (including phenoxy) is 1. The van der Waals surface area contributed by atoms with Crippen molar-refractivity contribution in [1.82, 2.24) is 4.31 Å². The first-order valence-corrected chi connectivity index (χ1v) is 7.51. The molecule has 0 amide bonds. The lowest BCUT2D eigenvalue weighted by Crippen LogP contribution is -2.37. The van der Waals surface area contributed by atoms with Gasteiger partial charge in [-0.2, -0.15) is 4.31 Å². The minimum absolute atomic E-state index is 0.0513. The second-order valence-corrected chi connectivity index (χ2v) is 6.36. The number of hydrogen-bond acceptors (Lipinski definition) is 5. The fourth-order valence-electron chi connectivity index (χ4n) is 2.33. The van der Waals surface area contributed by atoms with Gasteiger partial charge in [-0.15, -0.1) is 0 Å². The van der Waals surface area contributed by atoms with Crippen LogP contribution in [0.4, 0.5) is 5.69 Å². The maximum Gasteiger partial charge on any atom is 0.247 e. The van der Waals surface area contributed by atoms with Gasteiger partial charge in [-0.3, -0.25) is 0 Å². The van der Waals surface area contributed by atoms with Crippen LogP contribution in [0.1, 0.15) is 12.8 Å². The maximum absolute atomic E-state index is 12.6. The number of hydrogen-bond donors (Lipinski definition) is 2. The van der Waals surface area contributed by atoms with Crippen LogP contribution in [0.5, 0.6) is 5.75 Å². The zero-order valence-electron chi connectivity index (χ0n) is 10.7. The monoisotopic (exact) mass is 286 g/mol. The van der Waals surface area contributed by atoms with Gasteiger partial charge in [0.05, 0.1) is 13.7 Å². The van der Waals surface area contributed by atoms with E-state index in [0.717, 1.165) is 6.42 Å². The van der Waals surface area contributed by atoms with Crippen molar-refractivity contribution < 1.29 is 18.3 Å². The van der Waals surface area contributed by atoms with Gasteiger partial charge in [0, 0.05) is 18.3 Å². The molecule has 1 heterocycles. The standard InChI is InChI=1S/C12H18N2O4S/c1-18-11-5-4-9(13)7-12(11)19(16,17)14-6-2-3-10(14)8-15/h4-5,7,10,15H,2-3,6,8,13H2,1H3/t10-/m0/s1. The average Bonchev–Trinajstić information content (AvgIpc) is 2.87. The molecular weight excluding hydrogens is 268 g/mol. The van der Waals surface area contributed by atoms with Crippen LogP contribution < -0.4 is 10.5 Å². The first-order chi connectivity index (χ1) is 9.00. The number of nitrogens with two attached hydrogens (primary N) is 1. The van der Waals surface area contributed by atoms with Gasteiger partial charge in [0.1, 0.15) is 10.6 Å². The van der Waals surface area contributed by atoms with Crippen LogP contribution in [0.2, 0.25) is 0 Å². The summed E-state index contributed by atoms with van der Waals surface area (Å²) in [5, 5.41) is 9.27. The second kappa shape index (κ2) is 5.36. The fraction of sp³-hybridized carbons (Fsp3) is 0.500. The van der Waals surface area contributed by atoms with Crippen LogP contribution in [-0.4, -0.2) is 44.1 Å². The number of nitrogen functional groups attached to an aromatic ring is 1. The number of anilines is 1. The summed E-state index contributed by atoms with van der Waals surface area (Å²) in [6.45, 7) is 0.232. The third-order valence-electron chi connectivity index (χ3n) is 3.31. The molecule has 0 aromatic heterocycles. The van der Waals surface area contributed by atoms with Gasteiger partial charge in [-0.25, -0.2) is 8.42 Å². The van der Waals surface area contributed by atoms with Crippen molar-refractivity contribution in [2.75, 3.05) is 26.0 Å². The Morgan fingerprint density at radius 3 is 2.89 bits per heavy atom. The molecule has 3 N–H and O–H groups in total. The lowest BCUT2D eigenvalue weighted by atomic mass is 10.2. The van der Waals surface area contributed by atoms with Gasteiger partial charge < -0.3 is 15.6 Å². The summed E-state index contributed by atoms with van der Waals surface area (Å²) in [5.41, 5.74) is 6.02. The number of methoxy groups -OCH3 is 1. The number of aliphatic hydroxyl groups is 1. The largest absolute Gasteiger partial charge is 0.495 e. The first-order valence-electron chi connectivity index (χ1n) is 6.07. The first kappa shape index (κ1) is 14.1. The highest BCUT2D eigenvalue weighted by Gasteiger charge is 2.36.